The zero-order chi connectivity index (χ0) is 36.0. The van der Waals surface area contributed by atoms with Crippen molar-refractivity contribution in [2.45, 2.75) is 56.9 Å². The van der Waals surface area contributed by atoms with E-state index in [4.69, 9.17) is 44.3 Å². The minimum atomic E-state index is -5.08. The minimum Gasteiger partial charge on any atom is -0.475 e. The van der Waals surface area contributed by atoms with E-state index in [1.54, 1.807) is 7.11 Å². The first kappa shape index (κ1) is 41.0. The van der Waals surface area contributed by atoms with Crippen LogP contribution in [0, 0.1) is 5.92 Å². The highest BCUT2D eigenvalue weighted by Crippen LogP contribution is 2.32. The number of carboxylic acids is 3. The van der Waals surface area contributed by atoms with Gasteiger partial charge in [0.1, 0.15) is 0 Å². The fraction of sp³-hybridized carbons (Fsp3) is 0.577. The molecule has 0 spiro atoms. The van der Waals surface area contributed by atoms with E-state index in [0.717, 1.165) is 52.1 Å². The van der Waals surface area contributed by atoms with Gasteiger partial charge in [0.2, 0.25) is 0 Å². The zero-order valence-electron chi connectivity index (χ0n) is 24.5. The Bertz CT molecular complexity index is 1210. The van der Waals surface area contributed by atoms with Gasteiger partial charge < -0.3 is 24.8 Å². The van der Waals surface area contributed by atoms with Gasteiger partial charge in [-0.3, -0.25) is 14.6 Å². The Morgan fingerprint density at radius 2 is 1.43 bits per heavy atom. The number of nitrogens with zero attached hydrogens (tertiary/aromatic N) is 4. The average molecular weight is 699 g/mol. The van der Waals surface area contributed by atoms with Gasteiger partial charge in [-0.25, -0.2) is 14.4 Å². The lowest BCUT2D eigenvalue weighted by atomic mass is 9.97. The number of fused-ring (bicyclic) bond motifs is 1. The molecule has 1 unspecified atom stereocenters. The van der Waals surface area contributed by atoms with Gasteiger partial charge in [0, 0.05) is 52.4 Å². The van der Waals surface area contributed by atoms with Crippen LogP contribution in [0.25, 0.3) is 0 Å². The lowest BCUT2D eigenvalue weighted by Crippen LogP contribution is -2.39. The largest absolute Gasteiger partial charge is 0.490 e. The van der Waals surface area contributed by atoms with Gasteiger partial charge in [0.15, 0.2) is 0 Å². The van der Waals surface area contributed by atoms with Crippen LogP contribution in [-0.2, 0) is 43.4 Å². The first-order chi connectivity index (χ1) is 21.7. The molecule has 4 heterocycles. The van der Waals surface area contributed by atoms with E-state index in [2.05, 4.69) is 26.8 Å². The van der Waals surface area contributed by atoms with Gasteiger partial charge in [0.05, 0.1) is 24.5 Å². The number of halogens is 9. The van der Waals surface area contributed by atoms with E-state index in [9.17, 15) is 39.5 Å². The summed E-state index contributed by atoms with van der Waals surface area (Å²) in [5.41, 5.74) is 3.96. The minimum absolute atomic E-state index is 0.242. The normalized spacial score (nSPS) is 17.0. The quantitative estimate of drug-likeness (QED) is 0.368. The number of pyridine rings is 1. The molecular formula is C26H31F9N4O8. The van der Waals surface area contributed by atoms with Crippen molar-refractivity contribution >= 4 is 17.9 Å². The highest BCUT2D eigenvalue weighted by Gasteiger charge is 2.39. The third-order valence-corrected chi connectivity index (χ3v) is 6.32. The number of ether oxygens (including phenoxy) is 2. The Hall–Kier alpha value is -3.98. The SMILES string of the molecule is COCC1c2c(cnn2CC2CCOCC2)CCN1Cc1cccnc1.O=C(O)C(F)(F)F.O=C(O)C(F)(F)F.O=C(O)C(F)(F)F. The second-order valence-corrected chi connectivity index (χ2v) is 9.75. The predicted molar refractivity (Wildman–Crippen MR) is 140 cm³/mol. The molecule has 2 aromatic rings. The molecule has 0 bridgehead atoms. The molecule has 4 rings (SSSR count). The third kappa shape index (κ3) is 15.0. The standard InChI is InChI=1S/C20H28N4O2.3C2HF3O2/c1-25-15-19-20-18(4-8-23(19)13-17-3-2-7-21-11-17)12-22-24(20)14-16-5-9-26-10-6-16;3*3-2(4,5)1(6)7/h2-3,7,11-12,16,19H,4-6,8-10,13-15H2,1H3;3*(H,6,7). The Morgan fingerprint density at radius 3 is 1.85 bits per heavy atom. The van der Waals surface area contributed by atoms with Crippen LogP contribution in [0.4, 0.5) is 39.5 Å². The topological polar surface area (TPSA) is 164 Å². The van der Waals surface area contributed by atoms with Crippen LogP contribution in [0.5, 0.6) is 0 Å². The summed E-state index contributed by atoms with van der Waals surface area (Å²) in [5.74, 6) is -7.61. The van der Waals surface area contributed by atoms with Crippen molar-refractivity contribution in [1.82, 2.24) is 19.7 Å². The number of hydrogen-bond acceptors (Lipinski definition) is 8. The molecule has 47 heavy (non-hydrogen) atoms. The number of rotatable bonds is 6. The number of aliphatic carboxylic acids is 3. The fourth-order valence-electron chi connectivity index (χ4n) is 4.18. The van der Waals surface area contributed by atoms with Gasteiger partial charge in [0.25, 0.3) is 0 Å². The van der Waals surface area contributed by atoms with Gasteiger partial charge in [-0.2, -0.15) is 44.6 Å². The maximum atomic E-state index is 10.6. The van der Waals surface area contributed by atoms with Crippen LogP contribution in [0.15, 0.2) is 30.7 Å². The summed E-state index contributed by atoms with van der Waals surface area (Å²) in [6, 6.07) is 4.39. The first-order valence-electron chi connectivity index (χ1n) is 13.3. The molecule has 3 N–H and O–H groups in total. The Balaban J connectivity index is 0.000000430. The molecule has 12 nitrogen and oxygen atoms in total. The van der Waals surface area contributed by atoms with E-state index in [-0.39, 0.29) is 6.04 Å². The molecular weight excluding hydrogens is 667 g/mol. The maximum Gasteiger partial charge on any atom is 0.490 e. The van der Waals surface area contributed by atoms with Crippen molar-refractivity contribution in [3.8, 4) is 0 Å². The molecule has 266 valence electrons. The van der Waals surface area contributed by atoms with Gasteiger partial charge >= 0.3 is 36.4 Å². The van der Waals surface area contributed by atoms with E-state index >= 15 is 0 Å². The number of methoxy groups -OCH3 is 1. The van der Waals surface area contributed by atoms with E-state index in [0.29, 0.717) is 12.5 Å². The molecule has 0 saturated carbocycles. The fourth-order valence-corrected chi connectivity index (χ4v) is 4.18. The van der Waals surface area contributed by atoms with Crippen LogP contribution in [0.1, 0.15) is 35.7 Å². The molecule has 0 aliphatic carbocycles. The van der Waals surface area contributed by atoms with Crippen LogP contribution in [0.3, 0.4) is 0 Å². The van der Waals surface area contributed by atoms with Crippen LogP contribution in [-0.4, -0.2) is 105 Å². The summed E-state index contributed by atoms with van der Waals surface area (Å²) in [7, 11) is 1.79. The summed E-state index contributed by atoms with van der Waals surface area (Å²) in [6.07, 6.45) is -6.10. The first-order valence-corrected chi connectivity index (χ1v) is 13.3. The Morgan fingerprint density at radius 1 is 0.915 bits per heavy atom. The number of hydrogen-bond donors (Lipinski definition) is 3. The van der Waals surface area contributed by atoms with Crippen molar-refractivity contribution in [2.75, 3.05) is 33.5 Å². The van der Waals surface area contributed by atoms with Gasteiger partial charge in [-0.05, 0) is 42.4 Å². The van der Waals surface area contributed by atoms with Gasteiger partial charge in [-0.15, -0.1) is 0 Å². The lowest BCUT2D eigenvalue weighted by molar-refractivity contribution is -0.193. The van der Waals surface area contributed by atoms with Crippen molar-refractivity contribution < 1.29 is 78.7 Å². The summed E-state index contributed by atoms with van der Waals surface area (Å²) in [6.45, 7) is 5.35. The van der Waals surface area contributed by atoms with Crippen molar-refractivity contribution in [1.29, 1.82) is 0 Å². The van der Waals surface area contributed by atoms with E-state index < -0.39 is 36.4 Å². The smallest absolute Gasteiger partial charge is 0.475 e. The predicted octanol–water partition coefficient (Wildman–Crippen LogP) is 4.35. The number of aromatic nitrogens is 3. The maximum absolute atomic E-state index is 10.6. The third-order valence-electron chi connectivity index (χ3n) is 6.32. The molecule has 21 heteroatoms. The number of carbonyl (C=O) groups is 3. The highest BCUT2D eigenvalue weighted by molar-refractivity contribution is 5.73. The zero-order valence-corrected chi connectivity index (χ0v) is 24.5. The Kier molecular flexibility index (Phi) is 16.1. The number of alkyl halides is 9. The molecule has 1 saturated heterocycles. The highest BCUT2D eigenvalue weighted by atomic mass is 19.4. The van der Waals surface area contributed by atoms with Crippen molar-refractivity contribution in [3.63, 3.8) is 0 Å². The summed E-state index contributed by atoms with van der Waals surface area (Å²) in [4.78, 5) is 33.5. The van der Waals surface area contributed by atoms with Crippen molar-refractivity contribution in [2.24, 2.45) is 5.92 Å². The summed E-state index contributed by atoms with van der Waals surface area (Å²) in [5, 5.41) is 26.1. The second kappa shape index (κ2) is 18.4. The lowest BCUT2D eigenvalue weighted by Gasteiger charge is -2.36. The Labute approximate surface area is 260 Å². The molecule has 0 amide bonds. The second-order valence-electron chi connectivity index (χ2n) is 9.75. The molecule has 2 aliphatic heterocycles. The van der Waals surface area contributed by atoms with Crippen LogP contribution in [0.2, 0.25) is 0 Å². The van der Waals surface area contributed by atoms with E-state index in [1.165, 1.54) is 16.8 Å². The molecule has 1 fully saturated rings. The monoisotopic (exact) mass is 698 g/mol. The molecule has 1 atom stereocenters. The average Bonchev–Trinajstić information content (AvgIpc) is 3.37. The van der Waals surface area contributed by atoms with E-state index in [1.807, 2.05) is 18.5 Å². The van der Waals surface area contributed by atoms with Crippen molar-refractivity contribution in [3.05, 3.63) is 47.5 Å². The molecule has 0 aromatic carbocycles. The number of carboxylic acid groups (broad SMARTS) is 3. The summed E-state index contributed by atoms with van der Waals surface area (Å²) < 4.78 is 109. The molecule has 0 radical (unpaired) electrons. The molecule has 2 aromatic heterocycles. The van der Waals surface area contributed by atoms with Crippen LogP contribution >= 0.6 is 0 Å². The van der Waals surface area contributed by atoms with Gasteiger partial charge in [-0.1, -0.05) is 6.07 Å². The summed E-state index contributed by atoms with van der Waals surface area (Å²) >= 11 is 0. The molecule has 2 aliphatic rings. The van der Waals surface area contributed by atoms with Crippen LogP contribution < -0.4 is 0 Å².